The van der Waals surface area contributed by atoms with Crippen molar-refractivity contribution in [3.05, 3.63) is 53.7 Å². The monoisotopic (exact) mass is 459 g/mol. The van der Waals surface area contributed by atoms with Gasteiger partial charge < -0.3 is 15.0 Å². The molecule has 1 unspecified atom stereocenters. The average molecular weight is 460 g/mol. The number of pyridine rings is 1. The van der Waals surface area contributed by atoms with E-state index >= 15 is 0 Å². The lowest BCUT2D eigenvalue weighted by molar-refractivity contribution is 0.0187. The fourth-order valence-electron chi connectivity index (χ4n) is 4.24. The van der Waals surface area contributed by atoms with Crippen LogP contribution in [0.1, 0.15) is 17.2 Å². The molecule has 2 aliphatic heterocycles. The molecule has 4 rings (SSSR count). The molecule has 1 N–H and O–H groups in total. The third kappa shape index (κ3) is 5.47. The summed E-state index contributed by atoms with van der Waals surface area (Å²) in [7, 11) is -1.50. The Morgan fingerprint density at radius 3 is 2.47 bits per heavy atom. The maximum atomic E-state index is 12.9. The van der Waals surface area contributed by atoms with Gasteiger partial charge in [-0.1, -0.05) is 29.8 Å². The summed E-state index contributed by atoms with van der Waals surface area (Å²) in [5.74, 6) is 0.674. The minimum absolute atomic E-state index is 0.189. The summed E-state index contributed by atoms with van der Waals surface area (Å²) in [6.45, 7) is 8.54. The molecule has 0 saturated carbocycles. The molecule has 2 aromatic rings. The van der Waals surface area contributed by atoms with Crippen molar-refractivity contribution in [2.24, 2.45) is 0 Å². The quantitative estimate of drug-likeness (QED) is 0.677. The highest BCUT2D eigenvalue weighted by Crippen LogP contribution is 2.24. The van der Waals surface area contributed by atoms with Crippen molar-refractivity contribution in [1.29, 1.82) is 0 Å². The van der Waals surface area contributed by atoms with Crippen LogP contribution in [0.15, 0.2) is 47.5 Å². The highest BCUT2D eigenvalue weighted by Gasteiger charge is 2.28. The number of ether oxygens (including phenoxy) is 1. The van der Waals surface area contributed by atoms with Crippen LogP contribution in [-0.4, -0.2) is 93.6 Å². The molecule has 0 aliphatic carbocycles. The number of rotatable bonds is 7. The van der Waals surface area contributed by atoms with Gasteiger partial charge in [-0.3, -0.25) is 4.90 Å². The molecule has 1 atom stereocenters. The second kappa shape index (κ2) is 10.3. The Balaban J connectivity index is 1.44. The van der Waals surface area contributed by atoms with Crippen molar-refractivity contribution in [3.8, 4) is 0 Å². The van der Waals surface area contributed by atoms with Gasteiger partial charge in [-0.05, 0) is 31.7 Å². The van der Waals surface area contributed by atoms with Crippen LogP contribution < -0.4 is 5.32 Å². The highest BCUT2D eigenvalue weighted by atomic mass is 32.2. The minimum atomic E-state index is -3.50. The van der Waals surface area contributed by atoms with Gasteiger partial charge in [0, 0.05) is 52.0 Å². The molecular weight excluding hydrogens is 426 g/mol. The normalized spacial score (nSPS) is 20.2. The first-order valence-corrected chi connectivity index (χ1v) is 12.6. The second-order valence-electron chi connectivity index (χ2n) is 8.55. The first kappa shape index (κ1) is 23.1. The number of nitrogens with zero attached hydrogens (tertiary/aromatic N) is 4. The molecule has 2 aliphatic rings. The summed E-state index contributed by atoms with van der Waals surface area (Å²) in [6.07, 6.45) is 1.46. The Morgan fingerprint density at radius 1 is 1.06 bits per heavy atom. The van der Waals surface area contributed by atoms with Gasteiger partial charge in [0.05, 0.1) is 19.3 Å². The van der Waals surface area contributed by atoms with Gasteiger partial charge in [0.2, 0.25) is 10.0 Å². The zero-order valence-electron chi connectivity index (χ0n) is 18.9. The third-order valence-corrected chi connectivity index (χ3v) is 8.11. The topological polar surface area (TPSA) is 78.0 Å². The smallest absolute Gasteiger partial charge is 0.244 e. The zero-order valence-corrected chi connectivity index (χ0v) is 19.7. The summed E-state index contributed by atoms with van der Waals surface area (Å²) in [4.78, 5) is 9.22. The molecule has 2 saturated heterocycles. The Kier molecular flexibility index (Phi) is 7.42. The molecule has 2 fully saturated rings. The van der Waals surface area contributed by atoms with E-state index in [1.807, 2.05) is 7.05 Å². The number of morpholine rings is 1. The van der Waals surface area contributed by atoms with E-state index in [0.717, 1.165) is 39.4 Å². The van der Waals surface area contributed by atoms with E-state index in [9.17, 15) is 8.42 Å². The van der Waals surface area contributed by atoms with E-state index in [0.29, 0.717) is 25.5 Å². The Labute approximate surface area is 191 Å². The fourth-order valence-corrected chi connectivity index (χ4v) is 5.61. The van der Waals surface area contributed by atoms with Crippen molar-refractivity contribution in [3.63, 3.8) is 0 Å². The molecule has 0 radical (unpaired) electrons. The lowest BCUT2D eigenvalue weighted by Crippen LogP contribution is -2.47. The first-order chi connectivity index (χ1) is 15.4. The first-order valence-electron chi connectivity index (χ1n) is 11.2. The van der Waals surface area contributed by atoms with E-state index in [-0.39, 0.29) is 10.9 Å². The van der Waals surface area contributed by atoms with E-state index in [1.54, 1.807) is 16.4 Å². The van der Waals surface area contributed by atoms with Crippen LogP contribution in [0, 0.1) is 6.92 Å². The number of aromatic nitrogens is 1. The SMILES string of the molecule is Cc1cccc(C(CNc2ccc(S(=O)(=O)N3CCN(C)CC3)cn2)N2CCOCC2)c1. The van der Waals surface area contributed by atoms with Crippen LogP contribution in [0.25, 0.3) is 0 Å². The van der Waals surface area contributed by atoms with E-state index in [4.69, 9.17) is 4.74 Å². The molecule has 8 nitrogen and oxygen atoms in total. The van der Waals surface area contributed by atoms with Gasteiger partial charge in [0.15, 0.2) is 0 Å². The maximum absolute atomic E-state index is 12.9. The predicted octanol–water partition coefficient (Wildman–Crippen LogP) is 1.81. The molecule has 3 heterocycles. The fraction of sp³-hybridized carbons (Fsp3) is 0.522. The lowest BCUT2D eigenvalue weighted by Gasteiger charge is -2.35. The van der Waals surface area contributed by atoms with Crippen LogP contribution >= 0.6 is 0 Å². The molecule has 174 valence electrons. The number of sulfonamides is 1. The van der Waals surface area contributed by atoms with Crippen molar-refractivity contribution in [1.82, 2.24) is 19.1 Å². The number of piperazine rings is 1. The summed E-state index contributed by atoms with van der Waals surface area (Å²) < 4.78 is 32.9. The number of nitrogens with one attached hydrogen (secondary N) is 1. The molecule has 1 aromatic heterocycles. The third-order valence-electron chi connectivity index (χ3n) is 6.23. The highest BCUT2D eigenvalue weighted by molar-refractivity contribution is 7.89. The Hall–Kier alpha value is -2.04. The second-order valence-corrected chi connectivity index (χ2v) is 10.5. The van der Waals surface area contributed by atoms with Crippen molar-refractivity contribution >= 4 is 15.8 Å². The number of hydrogen-bond acceptors (Lipinski definition) is 7. The molecule has 32 heavy (non-hydrogen) atoms. The van der Waals surface area contributed by atoms with Crippen LogP contribution in [0.5, 0.6) is 0 Å². The standard InChI is InChI=1S/C23H33N5O3S/c1-19-4-3-5-20(16-19)22(27-12-14-31-15-13-27)18-25-23-7-6-21(17-24-23)32(29,30)28-10-8-26(2)9-11-28/h3-7,16-17,22H,8-15,18H2,1-2H3,(H,24,25). The van der Waals surface area contributed by atoms with Crippen molar-refractivity contribution in [2.75, 3.05) is 71.4 Å². The van der Waals surface area contributed by atoms with E-state index in [1.165, 1.54) is 17.3 Å². The molecule has 0 amide bonds. The van der Waals surface area contributed by atoms with Crippen molar-refractivity contribution < 1.29 is 13.2 Å². The van der Waals surface area contributed by atoms with Gasteiger partial charge in [0.1, 0.15) is 10.7 Å². The summed E-state index contributed by atoms with van der Waals surface area (Å²) in [5.41, 5.74) is 2.49. The largest absolute Gasteiger partial charge is 0.379 e. The number of aryl methyl sites for hydroxylation is 1. The Morgan fingerprint density at radius 2 is 1.81 bits per heavy atom. The molecule has 9 heteroatoms. The average Bonchev–Trinajstić information content (AvgIpc) is 2.81. The number of likely N-dealkylation sites (N-methyl/N-ethyl adjacent to an activating group) is 1. The Bertz CT molecular complexity index is 985. The molecule has 0 spiro atoms. The summed E-state index contributed by atoms with van der Waals surface area (Å²) in [5, 5.41) is 3.42. The minimum Gasteiger partial charge on any atom is -0.379 e. The number of anilines is 1. The molecule has 1 aromatic carbocycles. The van der Waals surface area contributed by atoms with Crippen LogP contribution in [0.2, 0.25) is 0 Å². The lowest BCUT2D eigenvalue weighted by atomic mass is 10.0. The van der Waals surface area contributed by atoms with Crippen molar-refractivity contribution in [2.45, 2.75) is 17.9 Å². The molecular formula is C23H33N5O3S. The van der Waals surface area contributed by atoms with Gasteiger partial charge in [-0.15, -0.1) is 0 Å². The van der Waals surface area contributed by atoms with E-state index < -0.39 is 10.0 Å². The van der Waals surface area contributed by atoms with Crippen LogP contribution in [0.4, 0.5) is 5.82 Å². The number of hydrogen-bond donors (Lipinski definition) is 1. The van der Waals surface area contributed by atoms with Gasteiger partial charge >= 0.3 is 0 Å². The summed E-state index contributed by atoms with van der Waals surface area (Å²) >= 11 is 0. The van der Waals surface area contributed by atoms with Crippen LogP contribution in [-0.2, 0) is 14.8 Å². The zero-order chi connectivity index (χ0) is 22.6. The van der Waals surface area contributed by atoms with Gasteiger partial charge in [-0.25, -0.2) is 13.4 Å². The maximum Gasteiger partial charge on any atom is 0.244 e. The van der Waals surface area contributed by atoms with E-state index in [2.05, 4.69) is 51.3 Å². The molecule has 0 bridgehead atoms. The van der Waals surface area contributed by atoms with Gasteiger partial charge in [0.25, 0.3) is 0 Å². The summed E-state index contributed by atoms with van der Waals surface area (Å²) in [6, 6.07) is 12.2. The van der Waals surface area contributed by atoms with Gasteiger partial charge in [-0.2, -0.15) is 4.31 Å². The predicted molar refractivity (Wildman–Crippen MR) is 125 cm³/mol. The number of benzene rings is 1. The van der Waals surface area contributed by atoms with Crippen LogP contribution in [0.3, 0.4) is 0 Å².